The zero-order chi connectivity index (χ0) is 24.5. The van der Waals surface area contributed by atoms with Gasteiger partial charge in [-0.2, -0.15) is 0 Å². The number of likely N-dealkylation sites (tertiary alicyclic amines) is 1. The van der Waals surface area contributed by atoms with E-state index >= 15 is 0 Å². The highest BCUT2D eigenvalue weighted by molar-refractivity contribution is 6.00. The van der Waals surface area contributed by atoms with Crippen LogP contribution >= 0.6 is 0 Å². The molecule has 0 spiro atoms. The van der Waals surface area contributed by atoms with Gasteiger partial charge in [-0.05, 0) is 48.4 Å². The lowest BCUT2D eigenvalue weighted by Gasteiger charge is -2.35. The molecule has 1 aromatic carbocycles. The number of benzene rings is 1. The Balaban J connectivity index is 1.39. The van der Waals surface area contributed by atoms with E-state index in [0.717, 1.165) is 36.8 Å². The lowest BCUT2D eigenvalue weighted by atomic mass is 9.78. The number of fused-ring (bicyclic) bond motifs is 1. The lowest BCUT2D eigenvalue weighted by molar-refractivity contribution is -0.139. The zero-order valence-corrected chi connectivity index (χ0v) is 20.4. The van der Waals surface area contributed by atoms with Crippen LogP contribution in [-0.2, 0) is 14.3 Å². The molecule has 2 saturated heterocycles. The molecule has 3 heterocycles. The highest BCUT2D eigenvalue weighted by atomic mass is 16.5. The van der Waals surface area contributed by atoms with Crippen LogP contribution in [0.2, 0.25) is 0 Å². The van der Waals surface area contributed by atoms with Crippen molar-refractivity contribution in [1.29, 1.82) is 0 Å². The van der Waals surface area contributed by atoms with E-state index in [1.807, 2.05) is 37.3 Å². The maximum atomic E-state index is 13.9. The van der Waals surface area contributed by atoms with Crippen LogP contribution in [-0.4, -0.2) is 58.8 Å². The molecule has 1 N–H and O–H groups in total. The Kier molecular flexibility index (Phi) is 6.69. The van der Waals surface area contributed by atoms with Gasteiger partial charge >= 0.3 is 0 Å². The van der Waals surface area contributed by atoms with Crippen molar-refractivity contribution in [1.82, 2.24) is 15.2 Å². The number of nitrogens with zero attached hydrogens (tertiary/aromatic N) is 2. The molecule has 35 heavy (non-hydrogen) atoms. The summed E-state index contributed by atoms with van der Waals surface area (Å²) in [6.07, 6.45) is 7.07. The van der Waals surface area contributed by atoms with Crippen molar-refractivity contribution in [3.63, 3.8) is 0 Å². The second-order valence-electron chi connectivity index (χ2n) is 10.4. The Morgan fingerprint density at radius 2 is 1.86 bits per heavy atom. The first kappa shape index (κ1) is 23.7. The molecular formula is C28H33N3O4. The number of ether oxygens (including phenoxy) is 1. The molecule has 2 amide bonds. The van der Waals surface area contributed by atoms with Crippen LogP contribution in [0.1, 0.15) is 49.9 Å². The van der Waals surface area contributed by atoms with Crippen LogP contribution in [0.5, 0.6) is 0 Å². The SMILES string of the molecule is CC1CCC(C(NC(=O)c2cccc(-c3cccnc3)c2)C(=O)N2C[C@H](C)[C@H]3OCC(=O)[C@H]32)CC1. The summed E-state index contributed by atoms with van der Waals surface area (Å²) in [6.45, 7) is 4.79. The number of pyridine rings is 1. The minimum absolute atomic E-state index is 0.0424. The van der Waals surface area contributed by atoms with E-state index < -0.39 is 12.1 Å². The topological polar surface area (TPSA) is 88.6 Å². The highest BCUT2D eigenvalue weighted by Gasteiger charge is 2.52. The minimum atomic E-state index is -0.656. The van der Waals surface area contributed by atoms with Crippen LogP contribution in [0.15, 0.2) is 48.8 Å². The summed E-state index contributed by atoms with van der Waals surface area (Å²) in [5.74, 6) is 0.296. The number of carbonyl (C=O) groups excluding carboxylic acids is 3. The van der Waals surface area contributed by atoms with E-state index in [4.69, 9.17) is 4.74 Å². The largest absolute Gasteiger partial charge is 0.367 e. The average Bonchev–Trinajstić information content (AvgIpc) is 3.43. The van der Waals surface area contributed by atoms with E-state index in [0.29, 0.717) is 18.0 Å². The molecule has 3 aliphatic rings. The standard InChI is InChI=1S/C28H33N3O4/c1-17-8-10-19(11-9-17)24(28(34)31-15-18(2)26-25(31)23(32)16-35-26)30-27(33)21-6-3-5-20(13-21)22-7-4-12-29-14-22/h3-7,12-14,17-19,24-26H,8-11,15-16H2,1-2H3,(H,30,33)/t17?,18-,19?,24?,25+,26+/m0/s1. The molecule has 7 heteroatoms. The first-order valence-corrected chi connectivity index (χ1v) is 12.7. The molecule has 5 rings (SSSR count). The number of hydrogen-bond acceptors (Lipinski definition) is 5. The van der Waals surface area contributed by atoms with Gasteiger partial charge in [0.1, 0.15) is 18.7 Å². The van der Waals surface area contributed by atoms with Gasteiger partial charge < -0.3 is 15.0 Å². The monoisotopic (exact) mass is 475 g/mol. The number of rotatable bonds is 5. The number of carbonyl (C=O) groups is 3. The highest BCUT2D eigenvalue weighted by Crippen LogP contribution is 2.35. The van der Waals surface area contributed by atoms with Gasteiger partial charge in [0.05, 0.1) is 6.10 Å². The summed E-state index contributed by atoms with van der Waals surface area (Å²) in [5, 5.41) is 3.08. The number of amides is 2. The quantitative estimate of drug-likeness (QED) is 0.715. The number of aromatic nitrogens is 1. The van der Waals surface area contributed by atoms with Crippen molar-refractivity contribution in [2.24, 2.45) is 17.8 Å². The minimum Gasteiger partial charge on any atom is -0.367 e. The summed E-state index contributed by atoms with van der Waals surface area (Å²) in [5.41, 5.74) is 2.32. The van der Waals surface area contributed by atoms with E-state index in [-0.39, 0.29) is 42.1 Å². The Morgan fingerprint density at radius 3 is 2.60 bits per heavy atom. The fraction of sp³-hybridized carbons (Fsp3) is 0.500. The first-order valence-electron chi connectivity index (χ1n) is 12.7. The van der Waals surface area contributed by atoms with Crippen LogP contribution in [0.3, 0.4) is 0 Å². The Morgan fingerprint density at radius 1 is 1.09 bits per heavy atom. The van der Waals surface area contributed by atoms with Crippen LogP contribution in [0.25, 0.3) is 11.1 Å². The van der Waals surface area contributed by atoms with Crippen molar-refractivity contribution >= 4 is 17.6 Å². The summed E-state index contributed by atoms with van der Waals surface area (Å²) >= 11 is 0. The van der Waals surface area contributed by atoms with Crippen molar-refractivity contribution in [3.8, 4) is 11.1 Å². The van der Waals surface area contributed by atoms with Gasteiger partial charge in [0, 0.05) is 36.0 Å². The van der Waals surface area contributed by atoms with Crippen molar-refractivity contribution < 1.29 is 19.1 Å². The van der Waals surface area contributed by atoms with Crippen LogP contribution < -0.4 is 5.32 Å². The number of hydrogen-bond donors (Lipinski definition) is 1. The van der Waals surface area contributed by atoms with E-state index in [1.54, 1.807) is 23.4 Å². The maximum absolute atomic E-state index is 13.9. The molecule has 2 aliphatic heterocycles. The van der Waals surface area contributed by atoms with E-state index in [1.165, 1.54) is 0 Å². The molecule has 1 aromatic heterocycles. The summed E-state index contributed by atoms with van der Waals surface area (Å²) in [4.78, 5) is 45.8. The molecule has 3 fully saturated rings. The van der Waals surface area contributed by atoms with Gasteiger partial charge in [-0.25, -0.2) is 0 Å². The van der Waals surface area contributed by atoms with E-state index in [2.05, 4.69) is 17.2 Å². The molecule has 4 atom stereocenters. The smallest absolute Gasteiger partial charge is 0.251 e. The first-order chi connectivity index (χ1) is 16.9. The second-order valence-corrected chi connectivity index (χ2v) is 10.4. The van der Waals surface area contributed by atoms with E-state index in [9.17, 15) is 14.4 Å². The summed E-state index contributed by atoms with van der Waals surface area (Å²) in [6, 6.07) is 10.0. The molecule has 0 bridgehead atoms. The molecule has 0 radical (unpaired) electrons. The Hall–Kier alpha value is -3.06. The van der Waals surface area contributed by atoms with Crippen LogP contribution in [0.4, 0.5) is 0 Å². The molecule has 2 aromatic rings. The van der Waals surface area contributed by atoms with Gasteiger partial charge in [-0.15, -0.1) is 0 Å². The number of ketones is 1. The molecular weight excluding hydrogens is 442 g/mol. The summed E-state index contributed by atoms with van der Waals surface area (Å²) in [7, 11) is 0. The van der Waals surface area contributed by atoms with Crippen molar-refractivity contribution in [2.45, 2.75) is 57.7 Å². The van der Waals surface area contributed by atoms with Crippen molar-refractivity contribution in [3.05, 3.63) is 54.4 Å². The normalized spacial score (nSPS) is 29.0. The van der Waals surface area contributed by atoms with Crippen molar-refractivity contribution in [2.75, 3.05) is 13.2 Å². The third kappa shape index (κ3) is 4.74. The third-order valence-corrected chi connectivity index (χ3v) is 7.93. The predicted molar refractivity (Wildman–Crippen MR) is 131 cm³/mol. The molecule has 1 aliphatic carbocycles. The molecule has 1 saturated carbocycles. The molecule has 7 nitrogen and oxygen atoms in total. The van der Waals surface area contributed by atoms with Gasteiger partial charge in [-0.3, -0.25) is 19.4 Å². The van der Waals surface area contributed by atoms with Crippen LogP contribution in [0, 0.1) is 17.8 Å². The van der Waals surface area contributed by atoms with Gasteiger partial charge in [0.25, 0.3) is 5.91 Å². The maximum Gasteiger partial charge on any atom is 0.251 e. The fourth-order valence-electron chi connectivity index (χ4n) is 5.90. The number of Topliss-reactive ketones (excluding diaryl/α,β-unsaturated/α-hetero) is 1. The molecule has 1 unspecified atom stereocenters. The third-order valence-electron chi connectivity index (χ3n) is 7.93. The van der Waals surface area contributed by atoms with Gasteiger partial charge in [0.15, 0.2) is 5.78 Å². The average molecular weight is 476 g/mol. The van der Waals surface area contributed by atoms with Gasteiger partial charge in [0.2, 0.25) is 5.91 Å². The summed E-state index contributed by atoms with van der Waals surface area (Å²) < 4.78 is 5.69. The number of nitrogens with one attached hydrogen (secondary N) is 1. The molecule has 184 valence electrons. The zero-order valence-electron chi connectivity index (χ0n) is 20.4. The Labute approximate surface area is 206 Å². The predicted octanol–water partition coefficient (Wildman–Crippen LogP) is 3.49. The fourth-order valence-corrected chi connectivity index (χ4v) is 5.90. The second kappa shape index (κ2) is 9.90. The lowest BCUT2D eigenvalue weighted by Crippen LogP contribution is -2.55. The van der Waals surface area contributed by atoms with Gasteiger partial charge in [-0.1, -0.05) is 44.9 Å². The Bertz CT molecular complexity index is 1100.